The topological polar surface area (TPSA) is 20.3 Å². The molecule has 1 unspecified atom stereocenters. The van der Waals surface area contributed by atoms with E-state index in [0.717, 1.165) is 31.8 Å². The number of terminal acetylenes is 1. The van der Waals surface area contributed by atoms with Gasteiger partial charge in [0.25, 0.3) is 0 Å². The van der Waals surface area contributed by atoms with Crippen molar-refractivity contribution in [2.45, 2.75) is 32.6 Å². The van der Waals surface area contributed by atoms with E-state index in [-0.39, 0.29) is 12.3 Å². The van der Waals surface area contributed by atoms with E-state index >= 15 is 0 Å². The summed E-state index contributed by atoms with van der Waals surface area (Å²) in [6.45, 7) is 4.03. The number of amides is 1. The molecule has 0 radical (unpaired) electrons. The predicted molar refractivity (Wildman–Crippen MR) is 53.0 cm³/mol. The minimum atomic E-state index is 0.122. The first kappa shape index (κ1) is 10.1. The van der Waals surface area contributed by atoms with Crippen molar-refractivity contribution in [3.8, 4) is 12.3 Å². The molecular weight excluding hydrogens is 162 g/mol. The molecule has 1 saturated heterocycles. The van der Waals surface area contributed by atoms with Gasteiger partial charge in [0.2, 0.25) is 5.91 Å². The molecule has 2 heteroatoms. The Morgan fingerprint density at radius 1 is 1.54 bits per heavy atom. The standard InChI is InChI=1S/C11H17NO/c1-3-5-11(13)12-8-4-6-10(2)7-9-12/h1,10H,4-9H2,2H3. The van der Waals surface area contributed by atoms with Gasteiger partial charge in [-0.25, -0.2) is 0 Å². The van der Waals surface area contributed by atoms with E-state index in [4.69, 9.17) is 6.42 Å². The van der Waals surface area contributed by atoms with Crippen LogP contribution < -0.4 is 0 Å². The van der Waals surface area contributed by atoms with Crippen molar-refractivity contribution in [3.05, 3.63) is 0 Å². The van der Waals surface area contributed by atoms with Crippen LogP contribution in [-0.4, -0.2) is 23.9 Å². The highest BCUT2D eigenvalue weighted by molar-refractivity contribution is 5.78. The summed E-state index contributed by atoms with van der Waals surface area (Å²) in [7, 11) is 0. The molecule has 1 aliphatic heterocycles. The zero-order chi connectivity index (χ0) is 9.68. The van der Waals surface area contributed by atoms with E-state index in [1.165, 1.54) is 6.42 Å². The van der Waals surface area contributed by atoms with Gasteiger partial charge >= 0.3 is 0 Å². The largest absolute Gasteiger partial charge is 0.342 e. The molecule has 1 amide bonds. The lowest BCUT2D eigenvalue weighted by Gasteiger charge is -2.18. The number of hydrogen-bond acceptors (Lipinski definition) is 1. The monoisotopic (exact) mass is 179 g/mol. The third-order valence-electron chi connectivity index (χ3n) is 2.62. The molecule has 0 aromatic rings. The summed E-state index contributed by atoms with van der Waals surface area (Å²) in [5.74, 6) is 3.28. The lowest BCUT2D eigenvalue weighted by Crippen LogP contribution is -2.31. The molecule has 1 aliphatic rings. The van der Waals surface area contributed by atoms with E-state index in [2.05, 4.69) is 12.8 Å². The maximum Gasteiger partial charge on any atom is 0.234 e. The number of carbonyl (C=O) groups excluding carboxylic acids is 1. The number of nitrogens with zero attached hydrogens (tertiary/aromatic N) is 1. The van der Waals surface area contributed by atoms with Crippen LogP contribution in [0.15, 0.2) is 0 Å². The van der Waals surface area contributed by atoms with Gasteiger partial charge in [0.1, 0.15) is 0 Å². The second kappa shape index (κ2) is 4.91. The highest BCUT2D eigenvalue weighted by atomic mass is 16.2. The highest BCUT2D eigenvalue weighted by Crippen LogP contribution is 2.16. The minimum Gasteiger partial charge on any atom is -0.342 e. The van der Waals surface area contributed by atoms with Crippen molar-refractivity contribution in [2.75, 3.05) is 13.1 Å². The lowest BCUT2D eigenvalue weighted by atomic mass is 10.0. The molecule has 0 saturated carbocycles. The van der Waals surface area contributed by atoms with Gasteiger partial charge in [0, 0.05) is 13.1 Å². The van der Waals surface area contributed by atoms with Gasteiger partial charge in [-0.2, -0.15) is 0 Å². The summed E-state index contributed by atoms with van der Waals surface area (Å²) in [6.07, 6.45) is 8.84. The molecule has 72 valence electrons. The van der Waals surface area contributed by atoms with Crippen LogP contribution in [0.2, 0.25) is 0 Å². The first-order valence-corrected chi connectivity index (χ1v) is 4.95. The zero-order valence-electron chi connectivity index (χ0n) is 8.25. The molecule has 1 rings (SSSR count). The Hall–Kier alpha value is -0.970. The quantitative estimate of drug-likeness (QED) is 0.561. The Kier molecular flexibility index (Phi) is 3.82. The Balaban J connectivity index is 2.42. The highest BCUT2D eigenvalue weighted by Gasteiger charge is 2.17. The Morgan fingerprint density at radius 2 is 2.31 bits per heavy atom. The Labute approximate surface area is 80.3 Å². The van der Waals surface area contributed by atoms with Crippen molar-refractivity contribution in [3.63, 3.8) is 0 Å². The van der Waals surface area contributed by atoms with Crippen molar-refractivity contribution in [1.29, 1.82) is 0 Å². The fourth-order valence-corrected chi connectivity index (χ4v) is 1.71. The second-order valence-corrected chi connectivity index (χ2v) is 3.80. The van der Waals surface area contributed by atoms with Crippen molar-refractivity contribution in [2.24, 2.45) is 5.92 Å². The number of hydrogen-bond donors (Lipinski definition) is 0. The van der Waals surface area contributed by atoms with Gasteiger partial charge in [-0.3, -0.25) is 4.79 Å². The van der Waals surface area contributed by atoms with E-state index in [1.54, 1.807) is 0 Å². The van der Waals surface area contributed by atoms with Crippen LogP contribution in [0.5, 0.6) is 0 Å². The molecule has 0 spiro atoms. The average Bonchev–Trinajstić information content (AvgIpc) is 2.30. The van der Waals surface area contributed by atoms with Crippen LogP contribution in [0.25, 0.3) is 0 Å². The van der Waals surface area contributed by atoms with E-state index in [9.17, 15) is 4.79 Å². The summed E-state index contributed by atoms with van der Waals surface area (Å²) >= 11 is 0. The SMILES string of the molecule is C#CCC(=O)N1CCCC(C)CC1. The van der Waals surface area contributed by atoms with Crippen molar-refractivity contribution >= 4 is 5.91 Å². The van der Waals surface area contributed by atoms with E-state index in [0.29, 0.717) is 0 Å². The van der Waals surface area contributed by atoms with Gasteiger partial charge in [-0.05, 0) is 25.2 Å². The van der Waals surface area contributed by atoms with E-state index in [1.807, 2.05) is 4.90 Å². The van der Waals surface area contributed by atoms with Crippen LogP contribution in [-0.2, 0) is 4.79 Å². The number of likely N-dealkylation sites (tertiary alicyclic amines) is 1. The maximum atomic E-state index is 11.4. The molecule has 1 heterocycles. The lowest BCUT2D eigenvalue weighted by molar-refractivity contribution is -0.130. The minimum absolute atomic E-state index is 0.122. The Morgan fingerprint density at radius 3 is 3.00 bits per heavy atom. The molecule has 0 aromatic carbocycles. The summed E-state index contributed by atoms with van der Waals surface area (Å²) in [6, 6.07) is 0. The molecule has 1 atom stereocenters. The number of rotatable bonds is 1. The van der Waals surface area contributed by atoms with Crippen molar-refractivity contribution in [1.82, 2.24) is 4.90 Å². The molecule has 0 aliphatic carbocycles. The summed E-state index contributed by atoms with van der Waals surface area (Å²) in [4.78, 5) is 13.3. The normalized spacial score (nSPS) is 23.4. The smallest absolute Gasteiger partial charge is 0.234 e. The van der Waals surface area contributed by atoms with Crippen LogP contribution in [0, 0.1) is 18.3 Å². The van der Waals surface area contributed by atoms with Gasteiger partial charge in [0.15, 0.2) is 0 Å². The van der Waals surface area contributed by atoms with Crippen LogP contribution in [0.1, 0.15) is 32.6 Å². The first-order valence-electron chi connectivity index (χ1n) is 4.95. The van der Waals surface area contributed by atoms with E-state index < -0.39 is 0 Å². The zero-order valence-corrected chi connectivity index (χ0v) is 8.25. The molecule has 0 bridgehead atoms. The fourth-order valence-electron chi connectivity index (χ4n) is 1.71. The maximum absolute atomic E-state index is 11.4. The third kappa shape index (κ3) is 3.10. The number of carbonyl (C=O) groups is 1. The summed E-state index contributed by atoms with van der Waals surface area (Å²) in [5.41, 5.74) is 0. The molecule has 13 heavy (non-hydrogen) atoms. The average molecular weight is 179 g/mol. The third-order valence-corrected chi connectivity index (χ3v) is 2.62. The van der Waals surface area contributed by atoms with Crippen LogP contribution >= 0.6 is 0 Å². The van der Waals surface area contributed by atoms with Gasteiger partial charge in [0.05, 0.1) is 6.42 Å². The van der Waals surface area contributed by atoms with Crippen molar-refractivity contribution < 1.29 is 4.79 Å². The molecule has 0 N–H and O–H groups in total. The van der Waals surface area contributed by atoms with Gasteiger partial charge in [-0.1, -0.05) is 12.8 Å². The van der Waals surface area contributed by atoms with Gasteiger partial charge < -0.3 is 4.90 Å². The molecular formula is C11H17NO. The molecule has 0 aromatic heterocycles. The predicted octanol–water partition coefficient (Wildman–Crippen LogP) is 1.66. The Bertz CT molecular complexity index is 217. The van der Waals surface area contributed by atoms with Crippen LogP contribution in [0.3, 0.4) is 0 Å². The van der Waals surface area contributed by atoms with Crippen LogP contribution in [0.4, 0.5) is 0 Å². The summed E-state index contributed by atoms with van der Waals surface area (Å²) in [5, 5.41) is 0. The molecule has 2 nitrogen and oxygen atoms in total. The van der Waals surface area contributed by atoms with Gasteiger partial charge in [-0.15, -0.1) is 6.42 Å². The second-order valence-electron chi connectivity index (χ2n) is 3.80. The molecule has 1 fully saturated rings. The fraction of sp³-hybridized carbons (Fsp3) is 0.727. The summed E-state index contributed by atoms with van der Waals surface area (Å²) < 4.78 is 0. The first-order chi connectivity index (χ1) is 6.24.